The van der Waals surface area contributed by atoms with Crippen LogP contribution in [0.3, 0.4) is 0 Å². The molecule has 0 unspecified atom stereocenters. The average Bonchev–Trinajstić information content (AvgIpc) is 2.44. The predicted molar refractivity (Wildman–Crippen MR) is 81.7 cm³/mol. The number of nitrogens with one attached hydrogen (secondary N) is 1. The van der Waals surface area contributed by atoms with E-state index in [-0.39, 0.29) is 0 Å². The third-order valence-corrected chi connectivity index (χ3v) is 3.37. The number of carbonyl (C=O) groups is 1. The van der Waals surface area contributed by atoms with Crippen molar-refractivity contribution in [1.82, 2.24) is 0 Å². The molecule has 0 fully saturated rings. The lowest BCUT2D eigenvalue weighted by Crippen LogP contribution is -2.07. The van der Waals surface area contributed by atoms with Gasteiger partial charge in [0.25, 0.3) is 0 Å². The largest absolute Gasteiger partial charge is 0.465 e. The van der Waals surface area contributed by atoms with E-state index in [2.05, 4.69) is 10.1 Å². The van der Waals surface area contributed by atoms with Crippen molar-refractivity contribution < 1.29 is 9.53 Å². The maximum absolute atomic E-state index is 11.6. The molecule has 20 heavy (non-hydrogen) atoms. The van der Waals surface area contributed by atoms with Crippen LogP contribution >= 0.6 is 11.6 Å². The van der Waals surface area contributed by atoms with E-state index in [0.717, 1.165) is 11.3 Å². The molecule has 0 saturated carbocycles. The Labute approximate surface area is 122 Å². The summed E-state index contributed by atoms with van der Waals surface area (Å²) in [6, 6.07) is 10.8. The highest BCUT2D eigenvalue weighted by molar-refractivity contribution is 6.31. The van der Waals surface area contributed by atoms with Crippen LogP contribution in [0, 0.1) is 6.92 Å². The molecule has 2 aromatic rings. The molecule has 3 N–H and O–H groups in total. The Hall–Kier alpha value is -2.20. The lowest BCUT2D eigenvalue weighted by atomic mass is 10.1. The molecule has 0 aliphatic heterocycles. The Morgan fingerprint density at radius 1 is 1.30 bits per heavy atom. The van der Waals surface area contributed by atoms with Crippen LogP contribution in [0.1, 0.15) is 15.9 Å². The van der Waals surface area contributed by atoms with E-state index in [4.69, 9.17) is 17.3 Å². The van der Waals surface area contributed by atoms with E-state index < -0.39 is 5.97 Å². The van der Waals surface area contributed by atoms with Crippen molar-refractivity contribution in [3.8, 4) is 0 Å². The van der Waals surface area contributed by atoms with Crippen molar-refractivity contribution in [3.05, 3.63) is 52.5 Å². The topological polar surface area (TPSA) is 64.3 Å². The number of nitrogens with two attached hydrogens (primary N) is 1. The molecule has 0 saturated heterocycles. The molecule has 0 aliphatic carbocycles. The number of methoxy groups -OCH3 is 1. The molecule has 0 atom stereocenters. The zero-order valence-electron chi connectivity index (χ0n) is 11.2. The highest BCUT2D eigenvalue weighted by atomic mass is 35.5. The molecular weight excluding hydrogens is 276 g/mol. The normalized spacial score (nSPS) is 10.2. The number of hydrogen-bond donors (Lipinski definition) is 2. The van der Waals surface area contributed by atoms with Crippen LogP contribution in [0.15, 0.2) is 36.4 Å². The molecule has 4 nitrogen and oxygen atoms in total. The highest BCUT2D eigenvalue weighted by Crippen LogP contribution is 2.28. The molecule has 2 rings (SSSR count). The smallest absolute Gasteiger partial charge is 0.340 e. The summed E-state index contributed by atoms with van der Waals surface area (Å²) in [5, 5.41) is 3.81. The number of anilines is 3. The second kappa shape index (κ2) is 5.84. The molecule has 0 amide bonds. The Balaban J connectivity index is 2.34. The van der Waals surface area contributed by atoms with E-state index in [1.54, 1.807) is 24.3 Å². The Morgan fingerprint density at radius 3 is 2.70 bits per heavy atom. The minimum absolute atomic E-state index is 0.329. The SMILES string of the molecule is COC(=O)c1cccc(Nc2ccc(C)c(Cl)c2)c1N. The van der Waals surface area contributed by atoms with Gasteiger partial charge in [-0.25, -0.2) is 4.79 Å². The van der Waals surface area contributed by atoms with Crippen molar-refractivity contribution in [2.75, 3.05) is 18.2 Å². The zero-order chi connectivity index (χ0) is 14.7. The number of hydrogen-bond acceptors (Lipinski definition) is 4. The third kappa shape index (κ3) is 2.86. The van der Waals surface area contributed by atoms with Gasteiger partial charge in [0.15, 0.2) is 0 Å². The van der Waals surface area contributed by atoms with Crippen LogP contribution in [0.4, 0.5) is 17.1 Å². The molecule has 0 heterocycles. The first-order valence-corrected chi connectivity index (χ1v) is 6.40. The molecule has 5 heteroatoms. The number of rotatable bonds is 3. The number of ether oxygens (including phenoxy) is 1. The summed E-state index contributed by atoms with van der Waals surface area (Å²) in [7, 11) is 1.32. The van der Waals surface area contributed by atoms with E-state index in [1.165, 1.54) is 7.11 Å². The van der Waals surface area contributed by atoms with Gasteiger partial charge in [-0.1, -0.05) is 23.7 Å². The van der Waals surface area contributed by atoms with Crippen molar-refractivity contribution in [2.45, 2.75) is 6.92 Å². The number of carbonyl (C=O) groups excluding carboxylic acids is 1. The zero-order valence-corrected chi connectivity index (χ0v) is 12.0. The van der Waals surface area contributed by atoms with Crippen molar-refractivity contribution in [3.63, 3.8) is 0 Å². The number of para-hydroxylation sites is 1. The summed E-state index contributed by atoms with van der Waals surface area (Å²) < 4.78 is 4.69. The van der Waals surface area contributed by atoms with E-state index in [1.807, 2.05) is 19.1 Å². The monoisotopic (exact) mass is 290 g/mol. The summed E-state index contributed by atoms with van der Waals surface area (Å²) in [6.45, 7) is 1.93. The predicted octanol–water partition coefficient (Wildman–Crippen LogP) is 3.76. The van der Waals surface area contributed by atoms with Gasteiger partial charge in [0.1, 0.15) is 0 Å². The first kappa shape index (κ1) is 14.2. The second-order valence-corrected chi connectivity index (χ2v) is 4.75. The summed E-state index contributed by atoms with van der Waals surface area (Å²) >= 11 is 6.08. The van der Waals surface area contributed by atoms with Gasteiger partial charge in [-0.2, -0.15) is 0 Å². The van der Waals surface area contributed by atoms with Gasteiger partial charge < -0.3 is 15.8 Å². The average molecular weight is 291 g/mol. The van der Waals surface area contributed by atoms with Crippen LogP contribution in [0.2, 0.25) is 5.02 Å². The van der Waals surface area contributed by atoms with Crippen LogP contribution in [0.25, 0.3) is 0 Å². The summed E-state index contributed by atoms with van der Waals surface area (Å²) in [4.78, 5) is 11.6. The van der Waals surface area contributed by atoms with Crippen LogP contribution < -0.4 is 11.1 Å². The van der Waals surface area contributed by atoms with E-state index in [9.17, 15) is 4.79 Å². The Morgan fingerprint density at radius 2 is 2.05 bits per heavy atom. The highest BCUT2D eigenvalue weighted by Gasteiger charge is 2.12. The van der Waals surface area contributed by atoms with Gasteiger partial charge in [0, 0.05) is 10.7 Å². The molecular formula is C15H15ClN2O2. The van der Waals surface area contributed by atoms with Crippen molar-refractivity contribution in [2.24, 2.45) is 0 Å². The van der Waals surface area contributed by atoms with Crippen LogP contribution in [-0.2, 0) is 4.74 Å². The van der Waals surface area contributed by atoms with Crippen molar-refractivity contribution >= 4 is 34.6 Å². The molecule has 0 radical (unpaired) electrons. The minimum atomic E-state index is -0.465. The quantitative estimate of drug-likeness (QED) is 0.667. The summed E-state index contributed by atoms with van der Waals surface area (Å²) in [6.07, 6.45) is 0. The van der Waals surface area contributed by atoms with Crippen LogP contribution in [0.5, 0.6) is 0 Å². The third-order valence-electron chi connectivity index (χ3n) is 2.96. The number of aryl methyl sites for hydroxylation is 1. The maximum Gasteiger partial charge on any atom is 0.340 e. The summed E-state index contributed by atoms with van der Waals surface area (Å²) in [5.41, 5.74) is 9.08. The first-order chi connectivity index (χ1) is 9.52. The fourth-order valence-corrected chi connectivity index (χ4v) is 1.97. The number of halogens is 1. The second-order valence-electron chi connectivity index (χ2n) is 4.35. The first-order valence-electron chi connectivity index (χ1n) is 6.03. The molecule has 0 aromatic heterocycles. The Bertz CT molecular complexity index is 656. The van der Waals surface area contributed by atoms with Gasteiger partial charge in [0.05, 0.1) is 24.0 Å². The van der Waals surface area contributed by atoms with Gasteiger partial charge in [-0.15, -0.1) is 0 Å². The van der Waals surface area contributed by atoms with Crippen LogP contribution in [-0.4, -0.2) is 13.1 Å². The molecule has 104 valence electrons. The number of benzene rings is 2. The van der Waals surface area contributed by atoms with Gasteiger partial charge in [-0.3, -0.25) is 0 Å². The minimum Gasteiger partial charge on any atom is -0.465 e. The molecule has 0 aliphatic rings. The van der Waals surface area contributed by atoms with Gasteiger partial charge in [0.2, 0.25) is 0 Å². The van der Waals surface area contributed by atoms with E-state index >= 15 is 0 Å². The van der Waals surface area contributed by atoms with Crippen molar-refractivity contribution in [1.29, 1.82) is 0 Å². The Kier molecular flexibility index (Phi) is 4.15. The van der Waals surface area contributed by atoms with Gasteiger partial charge in [-0.05, 0) is 36.8 Å². The number of esters is 1. The summed E-state index contributed by atoms with van der Waals surface area (Å²) in [5.74, 6) is -0.465. The number of nitrogen functional groups attached to an aromatic ring is 1. The lowest BCUT2D eigenvalue weighted by molar-refractivity contribution is 0.0602. The fraction of sp³-hybridized carbons (Fsp3) is 0.133. The van der Waals surface area contributed by atoms with Gasteiger partial charge >= 0.3 is 5.97 Å². The standard InChI is InChI=1S/C15H15ClN2O2/c1-9-6-7-10(8-12(9)16)18-13-5-3-4-11(14(13)17)15(19)20-2/h3-8,18H,17H2,1-2H3. The maximum atomic E-state index is 11.6. The molecule has 0 spiro atoms. The molecule has 2 aromatic carbocycles. The van der Waals surface area contributed by atoms with E-state index in [0.29, 0.717) is 22.0 Å². The fourth-order valence-electron chi connectivity index (χ4n) is 1.79. The lowest BCUT2D eigenvalue weighted by Gasteiger charge is -2.12. The molecule has 0 bridgehead atoms.